The van der Waals surface area contributed by atoms with Crippen LogP contribution in [0.25, 0.3) is 0 Å². The van der Waals surface area contributed by atoms with Crippen LogP contribution in [0.15, 0.2) is 0 Å². The van der Waals surface area contributed by atoms with Gasteiger partial charge in [-0.1, -0.05) is 6.92 Å². The molecule has 0 radical (unpaired) electrons. The Labute approximate surface area is 79.7 Å². The Kier molecular flexibility index (Phi) is 2.09. The van der Waals surface area contributed by atoms with Gasteiger partial charge in [0.2, 0.25) is 0 Å². The van der Waals surface area contributed by atoms with Crippen molar-refractivity contribution in [3.63, 3.8) is 0 Å². The molecule has 2 rings (SSSR count). The van der Waals surface area contributed by atoms with Crippen LogP contribution in [-0.2, 0) is 9.53 Å². The van der Waals surface area contributed by atoms with E-state index < -0.39 is 0 Å². The van der Waals surface area contributed by atoms with E-state index in [1.54, 1.807) is 0 Å². The van der Waals surface area contributed by atoms with Crippen molar-refractivity contribution in [1.82, 2.24) is 0 Å². The van der Waals surface area contributed by atoms with Crippen LogP contribution in [0.1, 0.15) is 46.0 Å². The van der Waals surface area contributed by atoms with Crippen LogP contribution in [-0.4, -0.2) is 12.1 Å². The molecule has 13 heavy (non-hydrogen) atoms. The molecule has 74 valence electrons. The molecule has 2 nitrogen and oxygen atoms in total. The van der Waals surface area contributed by atoms with Gasteiger partial charge in [0.25, 0.3) is 0 Å². The van der Waals surface area contributed by atoms with E-state index in [1.807, 2.05) is 0 Å². The summed E-state index contributed by atoms with van der Waals surface area (Å²) in [6, 6.07) is 0. The van der Waals surface area contributed by atoms with Gasteiger partial charge in [0.15, 0.2) is 0 Å². The minimum absolute atomic E-state index is 0.114. The lowest BCUT2D eigenvalue weighted by molar-refractivity contribution is -0.155. The van der Waals surface area contributed by atoms with E-state index in [0.29, 0.717) is 5.41 Å². The van der Waals surface area contributed by atoms with Gasteiger partial charge >= 0.3 is 5.97 Å². The molecule has 2 heteroatoms. The van der Waals surface area contributed by atoms with Crippen LogP contribution in [0.4, 0.5) is 0 Å². The summed E-state index contributed by atoms with van der Waals surface area (Å²) >= 11 is 0. The Hall–Kier alpha value is -0.530. The zero-order chi connectivity index (χ0) is 9.47. The van der Waals surface area contributed by atoms with Gasteiger partial charge in [-0.25, -0.2) is 0 Å². The summed E-state index contributed by atoms with van der Waals surface area (Å²) in [5, 5.41) is 0. The summed E-state index contributed by atoms with van der Waals surface area (Å²) in [6.45, 7) is 3.80. The van der Waals surface area contributed by atoms with Gasteiger partial charge in [-0.3, -0.25) is 4.79 Å². The van der Waals surface area contributed by atoms with E-state index in [1.165, 1.54) is 32.6 Å². The monoisotopic (exact) mass is 182 g/mol. The summed E-state index contributed by atoms with van der Waals surface area (Å²) in [4.78, 5) is 10.9. The zero-order valence-electron chi connectivity index (χ0n) is 8.51. The second-order valence-corrected chi connectivity index (χ2v) is 4.94. The number of carbonyl (C=O) groups excluding carboxylic acids is 1. The van der Waals surface area contributed by atoms with E-state index in [-0.39, 0.29) is 12.1 Å². The lowest BCUT2D eigenvalue weighted by Crippen LogP contribution is -2.36. The molecular formula is C11H18O2. The molecule has 0 aromatic heterocycles. The van der Waals surface area contributed by atoms with E-state index in [0.717, 1.165) is 12.3 Å². The van der Waals surface area contributed by atoms with Crippen molar-refractivity contribution < 1.29 is 9.53 Å². The van der Waals surface area contributed by atoms with Crippen LogP contribution in [0, 0.1) is 11.3 Å². The Morgan fingerprint density at radius 3 is 2.85 bits per heavy atom. The predicted octanol–water partition coefficient (Wildman–Crippen LogP) is 2.52. The molecule has 0 unspecified atom stereocenters. The van der Waals surface area contributed by atoms with Crippen molar-refractivity contribution in [2.75, 3.05) is 0 Å². The average Bonchev–Trinajstić information content (AvgIpc) is 2.35. The molecule has 2 fully saturated rings. The molecule has 0 saturated heterocycles. The molecule has 2 aliphatic carbocycles. The van der Waals surface area contributed by atoms with Gasteiger partial charge in [0.05, 0.1) is 0 Å². The first-order valence-electron chi connectivity index (χ1n) is 5.27. The third-order valence-electron chi connectivity index (χ3n) is 3.80. The van der Waals surface area contributed by atoms with E-state index in [4.69, 9.17) is 4.74 Å². The highest BCUT2D eigenvalue weighted by molar-refractivity contribution is 5.66. The topological polar surface area (TPSA) is 26.3 Å². The minimum Gasteiger partial charge on any atom is -0.462 e. The molecule has 0 amide bonds. The van der Waals surface area contributed by atoms with Crippen LogP contribution in [0.3, 0.4) is 0 Å². The minimum atomic E-state index is -0.114. The van der Waals surface area contributed by atoms with Gasteiger partial charge in [0.1, 0.15) is 6.10 Å². The van der Waals surface area contributed by atoms with Crippen molar-refractivity contribution in [3.8, 4) is 0 Å². The molecule has 0 heterocycles. The number of hydrogen-bond donors (Lipinski definition) is 0. The number of fused-ring (bicyclic) bond motifs is 2. The van der Waals surface area contributed by atoms with E-state index >= 15 is 0 Å². The number of ether oxygens (including phenoxy) is 1. The number of hydrogen-bond acceptors (Lipinski definition) is 2. The van der Waals surface area contributed by atoms with Crippen molar-refractivity contribution >= 4 is 5.97 Å². The van der Waals surface area contributed by atoms with Crippen molar-refractivity contribution in [2.45, 2.75) is 52.1 Å². The van der Waals surface area contributed by atoms with Crippen molar-refractivity contribution in [2.24, 2.45) is 11.3 Å². The fourth-order valence-corrected chi connectivity index (χ4v) is 3.07. The third-order valence-corrected chi connectivity index (χ3v) is 3.80. The molecule has 0 N–H and O–H groups in total. The van der Waals surface area contributed by atoms with Crippen molar-refractivity contribution in [1.29, 1.82) is 0 Å². The van der Waals surface area contributed by atoms with Crippen LogP contribution in [0.5, 0.6) is 0 Å². The van der Waals surface area contributed by atoms with Gasteiger partial charge in [0, 0.05) is 12.3 Å². The second kappa shape index (κ2) is 3.00. The lowest BCUT2D eigenvalue weighted by atomic mass is 9.75. The molecule has 0 aliphatic heterocycles. The largest absolute Gasteiger partial charge is 0.462 e. The average molecular weight is 182 g/mol. The summed E-state index contributed by atoms with van der Waals surface area (Å²) in [7, 11) is 0. The van der Waals surface area contributed by atoms with E-state index in [9.17, 15) is 4.79 Å². The first-order chi connectivity index (χ1) is 6.10. The fourth-order valence-electron chi connectivity index (χ4n) is 3.07. The molecule has 0 spiro atoms. The SMILES string of the molecule is CC(=O)O[C@H]1CC[C@H]2CC[C@]1(C)C2. The molecule has 2 aliphatic rings. The Bertz CT molecular complexity index is 224. The number of rotatable bonds is 1. The molecule has 0 aromatic rings. The van der Waals surface area contributed by atoms with Crippen LogP contribution in [0.2, 0.25) is 0 Å². The maximum absolute atomic E-state index is 10.9. The first kappa shape index (κ1) is 9.04. The lowest BCUT2D eigenvalue weighted by Gasteiger charge is -2.37. The normalized spacial score (nSPS) is 43.2. The van der Waals surface area contributed by atoms with E-state index in [2.05, 4.69) is 6.92 Å². The highest BCUT2D eigenvalue weighted by Crippen LogP contribution is 2.52. The summed E-state index contributed by atoms with van der Waals surface area (Å²) < 4.78 is 5.39. The molecule has 2 bridgehead atoms. The van der Waals surface area contributed by atoms with Crippen LogP contribution >= 0.6 is 0 Å². The highest BCUT2D eigenvalue weighted by Gasteiger charge is 2.46. The Morgan fingerprint density at radius 2 is 2.15 bits per heavy atom. The quantitative estimate of drug-likeness (QED) is 0.582. The maximum atomic E-state index is 10.9. The van der Waals surface area contributed by atoms with Crippen LogP contribution < -0.4 is 0 Å². The fraction of sp³-hybridized carbons (Fsp3) is 0.909. The summed E-state index contributed by atoms with van der Waals surface area (Å²) in [6.07, 6.45) is 6.40. The van der Waals surface area contributed by atoms with Gasteiger partial charge < -0.3 is 4.74 Å². The Balaban J connectivity index is 2.06. The Morgan fingerprint density at radius 1 is 1.38 bits per heavy atom. The summed E-state index contributed by atoms with van der Waals surface area (Å²) in [5.41, 5.74) is 0.300. The number of esters is 1. The smallest absolute Gasteiger partial charge is 0.302 e. The third kappa shape index (κ3) is 1.59. The molecule has 3 atom stereocenters. The highest BCUT2D eigenvalue weighted by atomic mass is 16.5. The molecule has 2 saturated carbocycles. The van der Waals surface area contributed by atoms with Crippen molar-refractivity contribution in [3.05, 3.63) is 0 Å². The molecule has 0 aromatic carbocycles. The zero-order valence-corrected chi connectivity index (χ0v) is 8.51. The van der Waals surface area contributed by atoms with Gasteiger partial charge in [-0.05, 0) is 38.0 Å². The first-order valence-corrected chi connectivity index (χ1v) is 5.27. The standard InChI is InChI=1S/C11H18O2/c1-8(12)13-10-4-3-9-5-6-11(10,2)7-9/h9-10H,3-7H2,1-2H3/t9-,10-,11+/m0/s1. The van der Waals surface area contributed by atoms with Gasteiger partial charge in [-0.15, -0.1) is 0 Å². The number of carbonyl (C=O) groups is 1. The maximum Gasteiger partial charge on any atom is 0.302 e. The van der Waals surface area contributed by atoms with Gasteiger partial charge in [-0.2, -0.15) is 0 Å². The summed E-state index contributed by atoms with van der Waals surface area (Å²) in [5.74, 6) is 0.799. The molecular weight excluding hydrogens is 164 g/mol. The second-order valence-electron chi connectivity index (χ2n) is 4.94. The predicted molar refractivity (Wildman–Crippen MR) is 50.2 cm³/mol.